The number of sulfonamides is 1. The average molecular weight is 275 g/mol. The Kier molecular flexibility index (Phi) is 4.73. The number of non-ortho nitro benzene ring substituents is 1. The van der Waals surface area contributed by atoms with E-state index in [1.807, 2.05) is 0 Å². The predicted octanol–water partition coefficient (Wildman–Crippen LogP) is -0.807. The summed E-state index contributed by atoms with van der Waals surface area (Å²) in [6, 6.07) is 3.62. The fraction of sp³-hybridized carbons (Fsp3) is 0.333. The maximum absolute atomic E-state index is 11.8. The van der Waals surface area contributed by atoms with Crippen molar-refractivity contribution < 1.29 is 18.4 Å². The van der Waals surface area contributed by atoms with Crippen LogP contribution < -0.4 is 10.5 Å². The molecule has 18 heavy (non-hydrogen) atoms. The Bertz CT molecular complexity index is 510. The van der Waals surface area contributed by atoms with Crippen molar-refractivity contribution in [1.82, 2.24) is 4.72 Å². The van der Waals surface area contributed by atoms with Crippen LogP contribution >= 0.6 is 0 Å². The molecule has 0 aromatic heterocycles. The van der Waals surface area contributed by atoms with Gasteiger partial charge in [-0.1, -0.05) is 0 Å². The molecule has 0 bridgehead atoms. The molecule has 100 valence electrons. The highest BCUT2D eigenvalue weighted by Gasteiger charge is 2.19. The molecule has 0 saturated carbocycles. The van der Waals surface area contributed by atoms with Gasteiger partial charge in [0.05, 0.1) is 22.5 Å². The molecule has 4 N–H and O–H groups in total. The van der Waals surface area contributed by atoms with Crippen molar-refractivity contribution in [2.75, 3.05) is 13.2 Å². The lowest BCUT2D eigenvalue weighted by Gasteiger charge is -2.13. The van der Waals surface area contributed by atoms with Gasteiger partial charge in [-0.25, -0.2) is 13.1 Å². The number of nitro benzene ring substituents is 1. The first-order valence-electron chi connectivity index (χ1n) is 4.98. The summed E-state index contributed by atoms with van der Waals surface area (Å²) >= 11 is 0. The van der Waals surface area contributed by atoms with Gasteiger partial charge in [-0.15, -0.1) is 0 Å². The lowest BCUT2D eigenvalue weighted by molar-refractivity contribution is -0.384. The maximum atomic E-state index is 11.8. The number of rotatable bonds is 6. The molecule has 1 atom stereocenters. The molecule has 0 unspecified atom stereocenters. The highest BCUT2D eigenvalue weighted by Crippen LogP contribution is 2.15. The summed E-state index contributed by atoms with van der Waals surface area (Å²) in [5.74, 6) is 0. The molecule has 8 nitrogen and oxygen atoms in total. The van der Waals surface area contributed by atoms with Crippen LogP contribution in [-0.4, -0.2) is 37.6 Å². The van der Waals surface area contributed by atoms with Crippen LogP contribution in [0, 0.1) is 10.1 Å². The summed E-state index contributed by atoms with van der Waals surface area (Å²) in [5.41, 5.74) is 5.05. The Labute approximate surface area is 104 Å². The average Bonchev–Trinajstić information content (AvgIpc) is 2.36. The van der Waals surface area contributed by atoms with Crippen LogP contribution in [0.3, 0.4) is 0 Å². The number of nitrogens with one attached hydrogen (secondary N) is 1. The van der Waals surface area contributed by atoms with E-state index in [4.69, 9.17) is 10.8 Å². The Morgan fingerprint density at radius 1 is 1.39 bits per heavy atom. The molecule has 1 aromatic rings. The van der Waals surface area contributed by atoms with Gasteiger partial charge in [0.25, 0.3) is 5.69 Å². The monoisotopic (exact) mass is 275 g/mol. The van der Waals surface area contributed by atoms with E-state index in [-0.39, 0.29) is 17.1 Å². The highest BCUT2D eigenvalue weighted by molar-refractivity contribution is 7.89. The van der Waals surface area contributed by atoms with Crippen molar-refractivity contribution in [3.05, 3.63) is 34.4 Å². The molecule has 0 fully saturated rings. The fourth-order valence-electron chi connectivity index (χ4n) is 1.19. The SMILES string of the molecule is NC[C@@H](CO)NS(=O)(=O)c1ccc([N+](=O)[O-])cc1. The zero-order chi connectivity index (χ0) is 13.8. The lowest BCUT2D eigenvalue weighted by atomic mass is 10.3. The summed E-state index contributed by atoms with van der Waals surface area (Å²) in [4.78, 5) is 9.67. The summed E-state index contributed by atoms with van der Waals surface area (Å²) in [6.07, 6.45) is 0. The van der Waals surface area contributed by atoms with E-state index in [0.717, 1.165) is 24.3 Å². The summed E-state index contributed by atoms with van der Waals surface area (Å²) in [5, 5.41) is 19.3. The number of hydrogen-bond acceptors (Lipinski definition) is 6. The summed E-state index contributed by atoms with van der Waals surface area (Å²) in [6.45, 7) is -0.481. The van der Waals surface area contributed by atoms with E-state index in [0.29, 0.717) is 0 Å². The minimum atomic E-state index is -3.84. The fourth-order valence-corrected chi connectivity index (χ4v) is 2.43. The van der Waals surface area contributed by atoms with Crippen molar-refractivity contribution in [2.24, 2.45) is 5.73 Å². The minimum absolute atomic E-state index is 0.0529. The molecule has 0 amide bonds. The highest BCUT2D eigenvalue weighted by atomic mass is 32.2. The van der Waals surface area contributed by atoms with Crippen LogP contribution in [0.5, 0.6) is 0 Å². The van der Waals surface area contributed by atoms with E-state index in [2.05, 4.69) is 4.72 Å². The van der Waals surface area contributed by atoms with Gasteiger partial charge < -0.3 is 10.8 Å². The van der Waals surface area contributed by atoms with Crippen LogP contribution in [-0.2, 0) is 10.0 Å². The number of benzene rings is 1. The quantitative estimate of drug-likeness (QED) is 0.459. The Morgan fingerprint density at radius 3 is 2.33 bits per heavy atom. The van der Waals surface area contributed by atoms with Gasteiger partial charge in [0.1, 0.15) is 0 Å². The second-order valence-electron chi connectivity index (χ2n) is 3.49. The van der Waals surface area contributed by atoms with E-state index < -0.39 is 27.6 Å². The second kappa shape index (κ2) is 5.87. The predicted molar refractivity (Wildman–Crippen MR) is 63.3 cm³/mol. The zero-order valence-electron chi connectivity index (χ0n) is 9.31. The Hall–Kier alpha value is -1.55. The molecule has 0 saturated heterocycles. The van der Waals surface area contributed by atoms with Crippen LogP contribution in [0.2, 0.25) is 0 Å². The van der Waals surface area contributed by atoms with Gasteiger partial charge in [0.2, 0.25) is 10.0 Å². The third-order valence-corrected chi connectivity index (χ3v) is 3.72. The van der Waals surface area contributed by atoms with Crippen molar-refractivity contribution in [3.8, 4) is 0 Å². The van der Waals surface area contributed by atoms with Crippen molar-refractivity contribution >= 4 is 15.7 Å². The third kappa shape index (κ3) is 3.47. The zero-order valence-corrected chi connectivity index (χ0v) is 10.1. The number of hydrogen-bond donors (Lipinski definition) is 3. The van der Waals surface area contributed by atoms with Gasteiger partial charge in [0.15, 0.2) is 0 Å². The smallest absolute Gasteiger partial charge is 0.269 e. The van der Waals surface area contributed by atoms with Crippen LogP contribution in [0.1, 0.15) is 0 Å². The maximum Gasteiger partial charge on any atom is 0.269 e. The molecule has 0 radical (unpaired) electrons. The Morgan fingerprint density at radius 2 is 1.94 bits per heavy atom. The molecule has 0 aliphatic heterocycles. The number of nitrogens with two attached hydrogens (primary N) is 1. The van der Waals surface area contributed by atoms with Gasteiger partial charge in [-0.3, -0.25) is 10.1 Å². The van der Waals surface area contributed by atoms with Gasteiger partial charge in [0, 0.05) is 18.7 Å². The van der Waals surface area contributed by atoms with Crippen molar-refractivity contribution in [3.63, 3.8) is 0 Å². The molecule has 0 aliphatic rings. The number of aliphatic hydroxyl groups is 1. The normalized spacial score (nSPS) is 13.2. The van der Waals surface area contributed by atoms with Gasteiger partial charge >= 0.3 is 0 Å². The van der Waals surface area contributed by atoms with Gasteiger partial charge in [-0.2, -0.15) is 0 Å². The van der Waals surface area contributed by atoms with Crippen molar-refractivity contribution in [2.45, 2.75) is 10.9 Å². The largest absolute Gasteiger partial charge is 0.395 e. The van der Waals surface area contributed by atoms with Crippen LogP contribution in [0.4, 0.5) is 5.69 Å². The third-order valence-electron chi connectivity index (χ3n) is 2.18. The first kappa shape index (κ1) is 14.5. The minimum Gasteiger partial charge on any atom is -0.395 e. The lowest BCUT2D eigenvalue weighted by Crippen LogP contribution is -2.42. The standard InChI is InChI=1S/C9H13N3O5S/c10-5-7(6-13)11-18(16,17)9-3-1-8(2-4-9)12(14)15/h1-4,7,11,13H,5-6,10H2/t7-/m0/s1. The summed E-state index contributed by atoms with van der Waals surface area (Å²) < 4.78 is 25.8. The molecule has 0 aliphatic carbocycles. The molecule has 0 heterocycles. The van der Waals surface area contributed by atoms with E-state index in [1.54, 1.807) is 0 Å². The molecule has 1 rings (SSSR count). The van der Waals surface area contributed by atoms with Crippen LogP contribution in [0.25, 0.3) is 0 Å². The molecule has 9 heteroatoms. The Balaban J connectivity index is 2.95. The van der Waals surface area contributed by atoms with E-state index in [1.165, 1.54) is 0 Å². The number of aliphatic hydroxyl groups excluding tert-OH is 1. The molecule has 0 spiro atoms. The molecular formula is C9H13N3O5S. The van der Waals surface area contributed by atoms with Crippen LogP contribution in [0.15, 0.2) is 29.2 Å². The second-order valence-corrected chi connectivity index (χ2v) is 5.20. The van der Waals surface area contributed by atoms with Gasteiger partial charge in [-0.05, 0) is 12.1 Å². The number of nitrogens with zero attached hydrogens (tertiary/aromatic N) is 1. The van der Waals surface area contributed by atoms with E-state index >= 15 is 0 Å². The molecular weight excluding hydrogens is 262 g/mol. The van der Waals surface area contributed by atoms with Crippen molar-refractivity contribution in [1.29, 1.82) is 0 Å². The molecule has 1 aromatic carbocycles. The number of nitro groups is 1. The first-order valence-corrected chi connectivity index (χ1v) is 6.46. The summed E-state index contributed by atoms with van der Waals surface area (Å²) in [7, 11) is -3.84. The first-order chi connectivity index (χ1) is 8.40. The van der Waals surface area contributed by atoms with E-state index in [9.17, 15) is 18.5 Å². The topological polar surface area (TPSA) is 136 Å².